The minimum atomic E-state index is -0.323. The molecule has 0 bridgehead atoms. The van der Waals surface area contributed by atoms with E-state index in [4.69, 9.17) is 4.42 Å². The lowest BCUT2D eigenvalue weighted by Gasteiger charge is -2.06. The molecule has 5 aromatic rings. The Kier molecular flexibility index (Phi) is 3.40. The third-order valence-electron chi connectivity index (χ3n) is 4.56. The second kappa shape index (κ2) is 5.92. The number of nitrogens with one attached hydrogen (secondary N) is 1. The summed E-state index contributed by atoms with van der Waals surface area (Å²) >= 11 is 0. The summed E-state index contributed by atoms with van der Waals surface area (Å²) in [7, 11) is 0. The fourth-order valence-corrected chi connectivity index (χ4v) is 3.35. The van der Waals surface area contributed by atoms with Crippen LogP contribution in [0.5, 0.6) is 0 Å². The number of rotatable bonds is 1. The zero-order chi connectivity index (χ0) is 18.4. The smallest absolute Gasteiger partial charge is 0.245 e. The number of hydrogen-bond donors (Lipinski definition) is 1. The van der Waals surface area contributed by atoms with Crippen molar-refractivity contribution in [3.05, 3.63) is 72.3 Å². The summed E-state index contributed by atoms with van der Waals surface area (Å²) in [5, 5.41) is 3.14. The maximum atomic E-state index is 11.7. The van der Waals surface area contributed by atoms with Gasteiger partial charge in [0.2, 0.25) is 11.5 Å². The molecule has 0 unspecified atom stereocenters. The highest BCUT2D eigenvalue weighted by molar-refractivity contribution is 6.06. The van der Waals surface area contributed by atoms with Crippen LogP contribution < -0.4 is 5.55 Å². The van der Waals surface area contributed by atoms with Gasteiger partial charge in [0.25, 0.3) is 0 Å². The molecule has 0 saturated heterocycles. The van der Waals surface area contributed by atoms with E-state index in [1.807, 2.05) is 54.6 Å². The van der Waals surface area contributed by atoms with E-state index >= 15 is 0 Å². The van der Waals surface area contributed by atoms with Crippen molar-refractivity contribution in [2.75, 3.05) is 0 Å². The Morgan fingerprint density at radius 2 is 1.81 bits per heavy atom. The number of aromatic amines is 1. The Hall–Kier alpha value is -3.73. The molecule has 2 heterocycles. The number of fused-ring (bicyclic) bond motifs is 4. The van der Waals surface area contributed by atoms with Crippen LogP contribution in [0.2, 0.25) is 0 Å². The van der Waals surface area contributed by atoms with Gasteiger partial charge in [-0.15, -0.1) is 0 Å². The topological polar surface area (TPSA) is 71.2 Å². The maximum Gasteiger partial charge on any atom is 0.245 e. The van der Waals surface area contributed by atoms with Crippen molar-refractivity contribution < 1.29 is 9.21 Å². The van der Waals surface area contributed by atoms with E-state index in [0.717, 1.165) is 27.2 Å². The van der Waals surface area contributed by atoms with Gasteiger partial charge in [0.1, 0.15) is 11.4 Å². The fourth-order valence-electron chi connectivity index (χ4n) is 3.35. The molecule has 0 atom stereocenters. The van der Waals surface area contributed by atoms with Gasteiger partial charge in [-0.1, -0.05) is 42.5 Å². The van der Waals surface area contributed by atoms with Crippen LogP contribution in [0.3, 0.4) is 0 Å². The third-order valence-corrected chi connectivity index (χ3v) is 4.56. The number of carbonyl (C=O) groups is 1. The van der Waals surface area contributed by atoms with E-state index in [-0.39, 0.29) is 11.5 Å². The van der Waals surface area contributed by atoms with Gasteiger partial charge in [-0.3, -0.25) is 4.79 Å². The first-order valence-electron chi connectivity index (χ1n) is 8.65. The normalized spacial score (nSPS) is 12.3. The zero-order valence-electron chi connectivity index (χ0n) is 14.6. The van der Waals surface area contributed by atoms with Crippen molar-refractivity contribution in [2.24, 2.45) is 4.99 Å². The molecule has 0 fully saturated rings. The Bertz CT molecular complexity index is 1380. The molecular formula is C22H15N3O2. The van der Waals surface area contributed by atoms with E-state index in [1.54, 1.807) is 0 Å². The summed E-state index contributed by atoms with van der Waals surface area (Å²) in [5.41, 5.74) is 3.35. The van der Waals surface area contributed by atoms with Gasteiger partial charge >= 0.3 is 0 Å². The number of imidazole rings is 1. The van der Waals surface area contributed by atoms with E-state index in [9.17, 15) is 4.79 Å². The number of benzene rings is 3. The summed E-state index contributed by atoms with van der Waals surface area (Å²) in [4.78, 5) is 23.7. The molecule has 0 aliphatic rings. The Morgan fingerprint density at radius 1 is 1.00 bits per heavy atom. The zero-order valence-corrected chi connectivity index (χ0v) is 14.6. The molecule has 130 valence electrons. The SMILES string of the molecule is CC(=O)N=c1oc2ccc3ccccc3c2cc1-c1nc2ccccc2[nH]1. The van der Waals surface area contributed by atoms with Crippen LogP contribution in [0.1, 0.15) is 6.92 Å². The van der Waals surface area contributed by atoms with E-state index in [1.165, 1.54) is 6.92 Å². The van der Waals surface area contributed by atoms with E-state index in [0.29, 0.717) is 17.0 Å². The number of carbonyl (C=O) groups excluding carboxylic acids is 1. The number of para-hydroxylation sites is 2. The summed E-state index contributed by atoms with van der Waals surface area (Å²) in [6.07, 6.45) is 0. The summed E-state index contributed by atoms with van der Waals surface area (Å²) < 4.78 is 6.01. The number of nitrogens with zero attached hydrogens (tertiary/aromatic N) is 2. The predicted octanol–water partition coefficient (Wildman–Crippen LogP) is 4.58. The molecule has 5 heteroatoms. The molecule has 0 spiro atoms. The molecular weight excluding hydrogens is 338 g/mol. The Labute approximate surface area is 154 Å². The monoisotopic (exact) mass is 353 g/mol. The van der Waals surface area contributed by atoms with Crippen LogP contribution in [0.25, 0.3) is 44.2 Å². The second-order valence-electron chi connectivity index (χ2n) is 6.40. The maximum absolute atomic E-state index is 11.7. The van der Waals surface area contributed by atoms with Crippen LogP contribution >= 0.6 is 0 Å². The molecule has 0 aliphatic carbocycles. The first-order chi connectivity index (χ1) is 13.2. The highest BCUT2D eigenvalue weighted by Crippen LogP contribution is 2.28. The molecule has 5 nitrogen and oxygen atoms in total. The van der Waals surface area contributed by atoms with E-state index < -0.39 is 0 Å². The summed E-state index contributed by atoms with van der Waals surface area (Å²) in [6, 6.07) is 21.8. The van der Waals surface area contributed by atoms with Crippen LogP contribution in [-0.4, -0.2) is 15.9 Å². The van der Waals surface area contributed by atoms with Crippen molar-refractivity contribution in [3.8, 4) is 11.4 Å². The Morgan fingerprint density at radius 3 is 2.67 bits per heavy atom. The molecule has 1 N–H and O–H groups in total. The van der Waals surface area contributed by atoms with Gasteiger partial charge < -0.3 is 9.40 Å². The standard InChI is InChI=1S/C22H15N3O2/c1-13(26)23-22-17(21-24-18-8-4-5-9-19(18)25-21)12-16-15-7-3-2-6-14(15)10-11-20(16)27-22/h2-12H,1H3,(H,24,25). The number of hydrogen-bond acceptors (Lipinski definition) is 3. The number of amides is 1. The van der Waals surface area contributed by atoms with Gasteiger partial charge in [0, 0.05) is 12.3 Å². The average Bonchev–Trinajstić information content (AvgIpc) is 3.11. The second-order valence-corrected chi connectivity index (χ2v) is 6.40. The molecule has 27 heavy (non-hydrogen) atoms. The quantitative estimate of drug-likeness (QED) is 0.449. The molecule has 0 aliphatic heterocycles. The number of aromatic nitrogens is 2. The van der Waals surface area contributed by atoms with Crippen LogP contribution in [0, 0.1) is 0 Å². The van der Waals surface area contributed by atoms with Crippen molar-refractivity contribution in [2.45, 2.75) is 6.92 Å². The molecule has 0 saturated carbocycles. The minimum absolute atomic E-state index is 0.254. The first-order valence-corrected chi connectivity index (χ1v) is 8.65. The van der Waals surface area contributed by atoms with Gasteiger partial charge in [0.15, 0.2) is 0 Å². The molecule has 5 rings (SSSR count). The van der Waals surface area contributed by atoms with E-state index in [2.05, 4.69) is 27.1 Å². The van der Waals surface area contributed by atoms with Gasteiger partial charge in [-0.05, 0) is 35.0 Å². The van der Waals surface area contributed by atoms with Gasteiger partial charge in [0.05, 0.1) is 16.6 Å². The van der Waals surface area contributed by atoms with Crippen LogP contribution in [-0.2, 0) is 4.79 Å². The summed E-state index contributed by atoms with van der Waals surface area (Å²) in [5.74, 6) is 0.297. The van der Waals surface area contributed by atoms with Crippen molar-refractivity contribution >= 4 is 38.7 Å². The predicted molar refractivity (Wildman–Crippen MR) is 105 cm³/mol. The molecule has 2 aromatic heterocycles. The van der Waals surface area contributed by atoms with Crippen molar-refractivity contribution in [1.82, 2.24) is 9.97 Å². The number of H-pyrrole nitrogens is 1. The van der Waals surface area contributed by atoms with Crippen molar-refractivity contribution in [3.63, 3.8) is 0 Å². The molecule has 0 radical (unpaired) electrons. The molecule has 1 amide bonds. The third kappa shape index (κ3) is 2.60. The summed E-state index contributed by atoms with van der Waals surface area (Å²) in [6.45, 7) is 1.41. The van der Waals surface area contributed by atoms with Gasteiger partial charge in [-0.25, -0.2) is 4.98 Å². The highest BCUT2D eigenvalue weighted by atomic mass is 16.3. The lowest BCUT2D eigenvalue weighted by Crippen LogP contribution is -2.09. The fraction of sp³-hybridized carbons (Fsp3) is 0.0455. The van der Waals surface area contributed by atoms with Gasteiger partial charge in [-0.2, -0.15) is 4.99 Å². The van der Waals surface area contributed by atoms with Crippen LogP contribution in [0.4, 0.5) is 0 Å². The molecule has 3 aromatic carbocycles. The first kappa shape index (κ1) is 15.5. The van der Waals surface area contributed by atoms with Crippen LogP contribution in [0.15, 0.2) is 76.1 Å². The lowest BCUT2D eigenvalue weighted by molar-refractivity contribution is -0.116. The van der Waals surface area contributed by atoms with Crippen molar-refractivity contribution in [1.29, 1.82) is 0 Å². The Balaban J connectivity index is 1.90. The average molecular weight is 353 g/mol. The lowest BCUT2D eigenvalue weighted by atomic mass is 10.0. The largest absolute Gasteiger partial charge is 0.437 e. The highest BCUT2D eigenvalue weighted by Gasteiger charge is 2.13. The minimum Gasteiger partial charge on any atom is -0.437 e.